The number of H-pyrrole nitrogens is 1. The number of ketones is 1. The van der Waals surface area contributed by atoms with E-state index in [0.29, 0.717) is 35.2 Å². The van der Waals surface area contributed by atoms with Crippen molar-refractivity contribution in [3.8, 4) is 5.75 Å². The maximum atomic E-state index is 13.4. The van der Waals surface area contributed by atoms with Crippen LogP contribution in [0.3, 0.4) is 0 Å². The number of hydrogen-bond donors (Lipinski definition) is 3. The Kier molecular flexibility index (Phi) is 5.08. The monoisotopic (exact) mass is 495 g/mol. The lowest BCUT2D eigenvalue weighted by Crippen LogP contribution is -2.30. The molecule has 1 amide bonds. The molecule has 9 heteroatoms. The Labute approximate surface area is 210 Å². The topological polar surface area (TPSA) is 133 Å². The number of hydrogen-bond acceptors (Lipinski definition) is 6. The number of carboxylic acids is 1. The van der Waals surface area contributed by atoms with Crippen molar-refractivity contribution in [2.75, 3.05) is 11.5 Å². The molecule has 3 N–H and O–H groups in total. The third-order valence-electron chi connectivity index (χ3n) is 6.71. The highest BCUT2D eigenvalue weighted by molar-refractivity contribution is 6.51. The molecule has 1 atom stereocenters. The Morgan fingerprint density at radius 2 is 1.86 bits per heavy atom. The lowest BCUT2D eigenvalue weighted by Gasteiger charge is -2.23. The summed E-state index contributed by atoms with van der Waals surface area (Å²) >= 11 is 0. The van der Waals surface area contributed by atoms with Crippen LogP contribution in [-0.2, 0) is 16.0 Å². The fourth-order valence-corrected chi connectivity index (χ4v) is 4.94. The van der Waals surface area contributed by atoms with Crippen LogP contribution in [-0.4, -0.2) is 44.4 Å². The maximum absolute atomic E-state index is 13.4. The van der Waals surface area contributed by atoms with Gasteiger partial charge in [0.2, 0.25) is 5.95 Å². The second-order valence-corrected chi connectivity index (χ2v) is 9.10. The van der Waals surface area contributed by atoms with Crippen LogP contribution in [0.2, 0.25) is 0 Å². The van der Waals surface area contributed by atoms with Crippen LogP contribution in [0.15, 0.2) is 66.2 Å². The van der Waals surface area contributed by atoms with Crippen molar-refractivity contribution in [3.63, 3.8) is 0 Å². The number of nitrogens with one attached hydrogen (secondary N) is 1. The van der Waals surface area contributed by atoms with Gasteiger partial charge in [-0.2, -0.15) is 0 Å². The van der Waals surface area contributed by atoms with Gasteiger partial charge in [-0.25, -0.2) is 9.78 Å². The number of carbonyl (C=O) groups excluding carboxylic acids is 2. The molecule has 1 saturated heterocycles. The van der Waals surface area contributed by atoms with Gasteiger partial charge in [0.15, 0.2) is 0 Å². The van der Waals surface area contributed by atoms with Crippen molar-refractivity contribution in [1.29, 1.82) is 0 Å². The van der Waals surface area contributed by atoms with Gasteiger partial charge in [0.1, 0.15) is 11.5 Å². The van der Waals surface area contributed by atoms with Crippen LogP contribution < -0.4 is 9.64 Å². The summed E-state index contributed by atoms with van der Waals surface area (Å²) in [5.74, 6) is -2.27. The Bertz CT molecular complexity index is 1670. The summed E-state index contributed by atoms with van der Waals surface area (Å²) < 4.78 is 5.55. The quantitative estimate of drug-likeness (QED) is 0.220. The third-order valence-corrected chi connectivity index (χ3v) is 6.71. The molecule has 3 heterocycles. The molecule has 184 valence electrons. The van der Waals surface area contributed by atoms with Crippen LogP contribution in [0.5, 0.6) is 5.75 Å². The molecule has 6 rings (SSSR count). The van der Waals surface area contributed by atoms with E-state index in [1.54, 1.807) is 24.3 Å². The van der Waals surface area contributed by atoms with Gasteiger partial charge < -0.3 is 19.9 Å². The van der Waals surface area contributed by atoms with Crippen molar-refractivity contribution in [1.82, 2.24) is 9.97 Å². The lowest BCUT2D eigenvalue weighted by atomic mass is 9.94. The van der Waals surface area contributed by atoms with Crippen LogP contribution in [0.1, 0.15) is 38.7 Å². The largest absolute Gasteiger partial charge is 0.507 e. The third kappa shape index (κ3) is 3.63. The molecule has 0 bridgehead atoms. The molecule has 9 nitrogen and oxygen atoms in total. The molecule has 1 aromatic heterocycles. The minimum absolute atomic E-state index is 0.0545. The second-order valence-electron chi connectivity index (χ2n) is 9.10. The number of aliphatic hydroxyl groups excluding tert-OH is 1. The first-order valence-electron chi connectivity index (χ1n) is 11.7. The Balaban J connectivity index is 1.54. The summed E-state index contributed by atoms with van der Waals surface area (Å²) in [6.07, 6.45) is 0.684. The second kappa shape index (κ2) is 8.34. The van der Waals surface area contributed by atoms with E-state index in [9.17, 15) is 24.6 Å². The van der Waals surface area contributed by atoms with E-state index >= 15 is 0 Å². The minimum Gasteiger partial charge on any atom is -0.507 e. The van der Waals surface area contributed by atoms with Crippen LogP contribution in [0, 0.1) is 6.92 Å². The predicted molar refractivity (Wildman–Crippen MR) is 135 cm³/mol. The molecule has 1 unspecified atom stereocenters. The van der Waals surface area contributed by atoms with Crippen LogP contribution in [0.25, 0.3) is 16.8 Å². The standard InChI is InChI=1S/C28H21N3O6/c1-14-3-2-4-16(11-14)23-22(24(32)17-6-8-21-15(12-17)9-10-37-21)25(33)26(34)31(23)28-29-19-7-5-18(27(35)36)13-20(19)30-28/h2-8,11-13,23,32H,9-10H2,1H3,(H,29,30)(H,35,36)/b24-22+. The van der Waals surface area contributed by atoms with Gasteiger partial charge in [0.05, 0.1) is 34.8 Å². The van der Waals surface area contributed by atoms with Crippen molar-refractivity contribution in [2.45, 2.75) is 19.4 Å². The van der Waals surface area contributed by atoms with Gasteiger partial charge in [-0.05, 0) is 54.4 Å². The van der Waals surface area contributed by atoms with Crippen molar-refractivity contribution in [3.05, 3.63) is 94.1 Å². The number of aliphatic hydroxyl groups is 1. The van der Waals surface area contributed by atoms with Crippen molar-refractivity contribution in [2.24, 2.45) is 0 Å². The molecule has 0 saturated carbocycles. The number of carboxylic acid groups (broad SMARTS) is 1. The number of Topliss-reactive ketones (excluding diaryl/α,β-unsaturated/α-hetero) is 1. The van der Waals surface area contributed by atoms with Gasteiger partial charge in [0.25, 0.3) is 5.78 Å². The van der Waals surface area contributed by atoms with Crippen LogP contribution in [0.4, 0.5) is 5.95 Å². The first-order valence-corrected chi connectivity index (χ1v) is 11.7. The van der Waals surface area contributed by atoms with E-state index in [-0.39, 0.29) is 22.8 Å². The zero-order chi connectivity index (χ0) is 25.8. The number of fused-ring (bicyclic) bond motifs is 2. The molecule has 37 heavy (non-hydrogen) atoms. The number of aromatic carboxylic acids is 1. The molecule has 2 aliphatic heterocycles. The average molecular weight is 495 g/mol. The fraction of sp³-hybridized carbons (Fsp3) is 0.143. The first kappa shape index (κ1) is 22.5. The number of aromatic nitrogens is 2. The molecular formula is C28H21N3O6. The Morgan fingerprint density at radius 3 is 2.65 bits per heavy atom. The summed E-state index contributed by atoms with van der Waals surface area (Å²) in [5, 5.41) is 20.7. The highest BCUT2D eigenvalue weighted by Gasteiger charge is 2.48. The summed E-state index contributed by atoms with van der Waals surface area (Å²) in [7, 11) is 0. The zero-order valence-corrected chi connectivity index (χ0v) is 19.7. The highest BCUT2D eigenvalue weighted by Crippen LogP contribution is 2.42. The SMILES string of the molecule is Cc1cccc(C2/C(=C(\O)c3ccc4c(c3)CCO4)C(=O)C(=O)N2c2nc3ccc(C(=O)O)cc3[nH]2)c1. The average Bonchev–Trinajstić information content (AvgIpc) is 3.59. The number of benzene rings is 3. The minimum atomic E-state index is -1.10. The molecule has 0 radical (unpaired) electrons. The first-order chi connectivity index (χ1) is 17.8. The van der Waals surface area contributed by atoms with Gasteiger partial charge in [0, 0.05) is 12.0 Å². The zero-order valence-electron chi connectivity index (χ0n) is 19.7. The summed E-state index contributed by atoms with van der Waals surface area (Å²) in [4.78, 5) is 46.9. The molecule has 4 aromatic rings. The van der Waals surface area contributed by atoms with E-state index in [2.05, 4.69) is 9.97 Å². The molecule has 0 spiro atoms. The smallest absolute Gasteiger partial charge is 0.335 e. The van der Waals surface area contributed by atoms with E-state index in [1.165, 1.54) is 23.1 Å². The summed E-state index contributed by atoms with van der Waals surface area (Å²) in [6, 6.07) is 15.9. The van der Waals surface area contributed by atoms with Gasteiger partial charge in [-0.3, -0.25) is 14.5 Å². The fourth-order valence-electron chi connectivity index (χ4n) is 4.94. The summed E-state index contributed by atoms with van der Waals surface area (Å²) in [6.45, 7) is 2.44. The van der Waals surface area contributed by atoms with Crippen molar-refractivity contribution >= 4 is 40.4 Å². The number of amides is 1. The molecule has 0 aliphatic carbocycles. The Morgan fingerprint density at radius 1 is 1.05 bits per heavy atom. The lowest BCUT2D eigenvalue weighted by molar-refractivity contribution is -0.132. The molecule has 3 aromatic carbocycles. The van der Waals surface area contributed by atoms with E-state index < -0.39 is 23.7 Å². The number of rotatable bonds is 4. The van der Waals surface area contributed by atoms with E-state index in [4.69, 9.17) is 4.74 Å². The normalized spacial score (nSPS) is 18.3. The van der Waals surface area contributed by atoms with Crippen LogP contribution >= 0.6 is 0 Å². The number of aryl methyl sites for hydroxylation is 1. The number of ether oxygens (including phenoxy) is 1. The predicted octanol–water partition coefficient (Wildman–Crippen LogP) is 4.13. The number of aromatic amines is 1. The molecule has 2 aliphatic rings. The highest BCUT2D eigenvalue weighted by atomic mass is 16.5. The summed E-state index contributed by atoms with van der Waals surface area (Å²) in [5.41, 5.74) is 3.70. The molecular weight excluding hydrogens is 474 g/mol. The Hall–Kier alpha value is -4.92. The van der Waals surface area contributed by atoms with Gasteiger partial charge in [-0.15, -0.1) is 0 Å². The maximum Gasteiger partial charge on any atom is 0.335 e. The van der Waals surface area contributed by atoms with Gasteiger partial charge in [-0.1, -0.05) is 29.8 Å². The molecule has 1 fully saturated rings. The number of imidazole rings is 1. The van der Waals surface area contributed by atoms with Gasteiger partial charge >= 0.3 is 11.9 Å². The van der Waals surface area contributed by atoms with E-state index in [1.807, 2.05) is 25.1 Å². The van der Waals surface area contributed by atoms with E-state index in [0.717, 1.165) is 16.9 Å². The number of nitrogens with zero attached hydrogens (tertiary/aromatic N) is 2. The number of carbonyl (C=O) groups is 3. The van der Waals surface area contributed by atoms with Crippen molar-refractivity contribution < 1.29 is 29.3 Å². The number of anilines is 1.